The maximum atomic E-state index is 13.7. The lowest BCUT2D eigenvalue weighted by molar-refractivity contribution is 0.103. The fourth-order valence-corrected chi connectivity index (χ4v) is 6.96. The summed E-state index contributed by atoms with van der Waals surface area (Å²) in [4.78, 5) is 27.3. The van der Waals surface area contributed by atoms with E-state index in [1.807, 2.05) is 60.7 Å². The average molecular weight is 561 g/mol. The smallest absolute Gasteiger partial charge is 0.193 e. The van der Waals surface area contributed by atoms with Crippen molar-refractivity contribution < 1.29 is 18.4 Å². The van der Waals surface area contributed by atoms with Crippen LogP contribution in [0.15, 0.2) is 133 Å². The van der Waals surface area contributed by atoms with Crippen LogP contribution in [0.5, 0.6) is 0 Å². The summed E-state index contributed by atoms with van der Waals surface area (Å²) in [5.74, 6) is -1.18. The second-order valence-corrected chi connectivity index (χ2v) is 11.0. The van der Waals surface area contributed by atoms with E-state index in [-0.39, 0.29) is 11.6 Å². The van der Waals surface area contributed by atoms with Gasteiger partial charge in [0.1, 0.15) is 11.6 Å². The molecule has 6 aromatic rings. The van der Waals surface area contributed by atoms with Crippen molar-refractivity contribution in [2.24, 2.45) is 0 Å². The largest absolute Gasteiger partial charge is 0.289 e. The van der Waals surface area contributed by atoms with E-state index in [1.165, 1.54) is 48.5 Å². The third kappa shape index (κ3) is 3.56. The third-order valence-electron chi connectivity index (χ3n) is 8.83. The van der Waals surface area contributed by atoms with Crippen molar-refractivity contribution in [2.45, 2.75) is 5.41 Å². The van der Waals surface area contributed by atoms with Crippen molar-refractivity contribution in [2.75, 3.05) is 0 Å². The molecule has 2 aliphatic carbocycles. The fourth-order valence-electron chi connectivity index (χ4n) is 6.96. The molecule has 8 rings (SSSR count). The lowest BCUT2D eigenvalue weighted by Gasteiger charge is -2.31. The quantitative estimate of drug-likeness (QED) is 0.202. The molecule has 43 heavy (non-hydrogen) atoms. The van der Waals surface area contributed by atoms with Crippen LogP contribution in [0.2, 0.25) is 0 Å². The van der Waals surface area contributed by atoms with Gasteiger partial charge >= 0.3 is 0 Å². The molecule has 0 radical (unpaired) electrons. The van der Waals surface area contributed by atoms with Gasteiger partial charge in [0.15, 0.2) is 11.6 Å². The summed E-state index contributed by atoms with van der Waals surface area (Å²) in [6, 6.07) is 39.2. The Morgan fingerprint density at radius 3 is 1.16 bits per heavy atom. The van der Waals surface area contributed by atoms with E-state index in [0.717, 1.165) is 44.5 Å². The lowest BCUT2D eigenvalue weighted by atomic mass is 9.70. The number of hydrogen-bond donors (Lipinski definition) is 0. The van der Waals surface area contributed by atoms with E-state index < -0.39 is 17.0 Å². The zero-order valence-corrected chi connectivity index (χ0v) is 22.8. The van der Waals surface area contributed by atoms with Gasteiger partial charge in [-0.3, -0.25) is 9.59 Å². The summed E-state index contributed by atoms with van der Waals surface area (Å²) < 4.78 is 27.3. The predicted molar refractivity (Wildman–Crippen MR) is 162 cm³/mol. The average Bonchev–Trinajstić information content (AvgIpc) is 3.51. The minimum Gasteiger partial charge on any atom is -0.289 e. The van der Waals surface area contributed by atoms with Crippen LogP contribution >= 0.6 is 0 Å². The molecule has 2 aliphatic rings. The molecule has 1 spiro atoms. The summed E-state index contributed by atoms with van der Waals surface area (Å²) in [6.45, 7) is 0. The molecule has 0 bridgehead atoms. The van der Waals surface area contributed by atoms with Gasteiger partial charge in [-0.25, -0.2) is 8.78 Å². The molecule has 0 saturated heterocycles. The van der Waals surface area contributed by atoms with E-state index in [1.54, 1.807) is 0 Å². The first-order valence-corrected chi connectivity index (χ1v) is 14.1. The molecular weight excluding hydrogens is 538 g/mol. The van der Waals surface area contributed by atoms with E-state index in [4.69, 9.17) is 0 Å². The number of carbonyl (C=O) groups excluding carboxylic acids is 2. The molecule has 204 valence electrons. The highest BCUT2D eigenvalue weighted by molar-refractivity contribution is 6.11. The van der Waals surface area contributed by atoms with Gasteiger partial charge in [0.25, 0.3) is 0 Å². The molecule has 6 aromatic carbocycles. The van der Waals surface area contributed by atoms with Crippen molar-refractivity contribution in [1.29, 1.82) is 0 Å². The molecule has 0 atom stereocenters. The van der Waals surface area contributed by atoms with Gasteiger partial charge in [-0.1, -0.05) is 72.8 Å². The van der Waals surface area contributed by atoms with Gasteiger partial charge in [-0.05, 0) is 105 Å². The highest BCUT2D eigenvalue weighted by atomic mass is 19.1. The van der Waals surface area contributed by atoms with Crippen molar-refractivity contribution in [3.05, 3.63) is 190 Å². The number of hydrogen-bond acceptors (Lipinski definition) is 2. The maximum absolute atomic E-state index is 13.7. The van der Waals surface area contributed by atoms with Crippen molar-refractivity contribution >= 4 is 11.6 Å². The second-order valence-electron chi connectivity index (χ2n) is 11.0. The number of halogens is 2. The third-order valence-corrected chi connectivity index (χ3v) is 8.83. The minimum absolute atomic E-state index is 0.194. The number of fused-ring (bicyclic) bond motifs is 10. The van der Waals surface area contributed by atoms with E-state index in [2.05, 4.69) is 24.3 Å². The summed E-state index contributed by atoms with van der Waals surface area (Å²) in [5.41, 5.74) is 9.29. The van der Waals surface area contributed by atoms with Gasteiger partial charge in [-0.15, -0.1) is 0 Å². The van der Waals surface area contributed by atoms with Crippen LogP contribution in [0.3, 0.4) is 0 Å². The molecular formula is C39H22F2O2. The highest BCUT2D eigenvalue weighted by Gasteiger charge is 2.52. The SMILES string of the molecule is O=C(c1ccc(F)cc1)c1ccc2c(c1)C1(c3ccccc3-2)c2ccccc2-c2ccc(C(=O)c3ccc(F)cc3)cc21. The number of rotatable bonds is 4. The molecule has 0 amide bonds. The molecule has 0 aliphatic heterocycles. The van der Waals surface area contributed by atoms with Crippen LogP contribution in [0, 0.1) is 11.6 Å². The monoisotopic (exact) mass is 560 g/mol. The Morgan fingerprint density at radius 1 is 0.395 bits per heavy atom. The lowest BCUT2D eigenvalue weighted by Crippen LogP contribution is -2.26. The Bertz CT molecular complexity index is 1970. The first kappa shape index (κ1) is 25.2. The van der Waals surface area contributed by atoms with Gasteiger partial charge < -0.3 is 0 Å². The highest BCUT2D eigenvalue weighted by Crippen LogP contribution is 2.62. The van der Waals surface area contributed by atoms with Crippen LogP contribution in [-0.2, 0) is 5.41 Å². The first-order valence-electron chi connectivity index (χ1n) is 14.1. The number of ketones is 2. The van der Waals surface area contributed by atoms with Gasteiger partial charge in [0, 0.05) is 22.3 Å². The Hall–Kier alpha value is -5.48. The predicted octanol–water partition coefficient (Wildman–Crippen LogP) is 8.77. The number of carbonyl (C=O) groups is 2. The topological polar surface area (TPSA) is 34.1 Å². The Labute approximate surface area is 246 Å². The molecule has 4 heteroatoms. The van der Waals surface area contributed by atoms with E-state index >= 15 is 0 Å². The van der Waals surface area contributed by atoms with Crippen molar-refractivity contribution in [3.63, 3.8) is 0 Å². The van der Waals surface area contributed by atoms with Gasteiger partial charge in [-0.2, -0.15) is 0 Å². The maximum Gasteiger partial charge on any atom is 0.193 e. The van der Waals surface area contributed by atoms with Crippen LogP contribution in [0.1, 0.15) is 54.1 Å². The minimum atomic E-state index is -0.768. The number of benzene rings is 6. The van der Waals surface area contributed by atoms with Crippen LogP contribution < -0.4 is 0 Å². The molecule has 2 nitrogen and oxygen atoms in total. The summed E-state index contributed by atoms with van der Waals surface area (Å²) in [7, 11) is 0. The molecule has 0 unspecified atom stereocenters. The Kier molecular flexibility index (Phi) is 5.44. The summed E-state index contributed by atoms with van der Waals surface area (Å²) >= 11 is 0. The standard InChI is InChI=1S/C39H22F2O2/c40-27-15-9-23(10-16-27)37(42)25-13-19-31-29-5-1-3-7-33(29)39(35(31)21-25)34-8-4-2-6-30(34)32-20-14-26(22-36(32)39)38(43)24-11-17-28(41)18-12-24/h1-22H. The molecule has 0 fully saturated rings. The normalized spacial score (nSPS) is 13.3. The molecule has 0 saturated carbocycles. The van der Waals surface area contributed by atoms with Crippen LogP contribution in [-0.4, -0.2) is 11.6 Å². The second kappa shape index (κ2) is 9.27. The van der Waals surface area contributed by atoms with Crippen LogP contribution in [0.25, 0.3) is 22.3 Å². The molecule has 0 aromatic heterocycles. The van der Waals surface area contributed by atoms with Crippen LogP contribution in [0.4, 0.5) is 8.78 Å². The first-order chi connectivity index (χ1) is 21.0. The van der Waals surface area contributed by atoms with E-state index in [9.17, 15) is 18.4 Å². The Morgan fingerprint density at radius 2 is 0.744 bits per heavy atom. The zero-order chi connectivity index (χ0) is 29.3. The van der Waals surface area contributed by atoms with E-state index in [0.29, 0.717) is 22.3 Å². The Balaban J connectivity index is 1.39. The zero-order valence-electron chi connectivity index (χ0n) is 22.8. The summed E-state index contributed by atoms with van der Waals surface area (Å²) in [5, 5.41) is 0. The van der Waals surface area contributed by atoms with Gasteiger partial charge in [0.2, 0.25) is 0 Å². The van der Waals surface area contributed by atoms with Gasteiger partial charge in [0.05, 0.1) is 5.41 Å². The fraction of sp³-hybridized carbons (Fsp3) is 0.0256. The molecule has 0 heterocycles. The van der Waals surface area contributed by atoms with Crippen molar-refractivity contribution in [3.8, 4) is 22.3 Å². The van der Waals surface area contributed by atoms with Crippen molar-refractivity contribution in [1.82, 2.24) is 0 Å². The molecule has 0 N–H and O–H groups in total. The summed E-state index contributed by atoms with van der Waals surface area (Å²) in [6.07, 6.45) is 0.